The number of nitro groups is 1. The van der Waals surface area contributed by atoms with Crippen molar-refractivity contribution in [3.05, 3.63) is 68.7 Å². The number of aliphatic hydroxyl groups excluding tert-OH is 1. The van der Waals surface area contributed by atoms with Gasteiger partial charge in [-0.1, -0.05) is 29.8 Å². The second-order valence-corrected chi connectivity index (χ2v) is 5.90. The Morgan fingerprint density at radius 1 is 1.32 bits per heavy atom. The van der Waals surface area contributed by atoms with E-state index in [0.29, 0.717) is 16.1 Å². The van der Waals surface area contributed by atoms with Crippen LogP contribution < -0.4 is 5.32 Å². The van der Waals surface area contributed by atoms with E-state index in [1.54, 1.807) is 37.3 Å². The van der Waals surface area contributed by atoms with Crippen LogP contribution in [0.25, 0.3) is 0 Å². The van der Waals surface area contributed by atoms with Crippen LogP contribution in [-0.2, 0) is 15.1 Å². The summed E-state index contributed by atoms with van der Waals surface area (Å²) in [6.07, 6.45) is 0. The number of aliphatic hydroxyl groups is 1. The fraction of sp³-hybridized carbons (Fsp3) is 0.235. The lowest BCUT2D eigenvalue weighted by Gasteiger charge is -2.31. The van der Waals surface area contributed by atoms with E-state index in [1.807, 2.05) is 0 Å². The summed E-state index contributed by atoms with van der Waals surface area (Å²) in [6.45, 7) is 1.04. The number of hydrogen-bond donors (Lipinski definition) is 2. The van der Waals surface area contributed by atoms with E-state index in [1.165, 1.54) is 19.2 Å². The fourth-order valence-electron chi connectivity index (χ4n) is 2.47. The molecular weight excluding hydrogens is 348 g/mol. The number of nitrogens with zero attached hydrogens (tertiary/aromatic N) is 1. The normalized spacial score (nSPS) is 13.0. The van der Waals surface area contributed by atoms with Gasteiger partial charge in [0.15, 0.2) is 5.54 Å². The molecule has 8 heteroatoms. The molecule has 2 N–H and O–H groups in total. The number of carbonyl (C=O) groups excluding carboxylic acids is 1. The summed E-state index contributed by atoms with van der Waals surface area (Å²) in [5, 5.41) is 24.6. The molecule has 0 heterocycles. The number of esters is 1. The molecule has 0 fully saturated rings. The van der Waals surface area contributed by atoms with Crippen molar-refractivity contribution in [2.45, 2.75) is 12.5 Å². The predicted molar refractivity (Wildman–Crippen MR) is 93.7 cm³/mol. The molecule has 25 heavy (non-hydrogen) atoms. The van der Waals surface area contributed by atoms with Crippen LogP contribution in [0, 0.1) is 17.0 Å². The van der Waals surface area contributed by atoms with E-state index < -0.39 is 23.0 Å². The molecule has 1 unspecified atom stereocenters. The zero-order valence-corrected chi connectivity index (χ0v) is 14.4. The number of halogens is 1. The highest BCUT2D eigenvalue weighted by atomic mass is 35.5. The third-order valence-electron chi connectivity index (χ3n) is 3.81. The highest BCUT2D eigenvalue weighted by Crippen LogP contribution is 2.33. The molecule has 0 saturated heterocycles. The molecular formula is C17H17ClN2O5. The molecule has 0 aromatic heterocycles. The van der Waals surface area contributed by atoms with Gasteiger partial charge in [-0.05, 0) is 36.2 Å². The number of nitro benzene ring substituents is 1. The van der Waals surface area contributed by atoms with Crippen LogP contribution in [0.5, 0.6) is 0 Å². The van der Waals surface area contributed by atoms with Gasteiger partial charge in [0.1, 0.15) is 5.69 Å². The monoisotopic (exact) mass is 364 g/mol. The lowest BCUT2D eigenvalue weighted by molar-refractivity contribution is -0.384. The zero-order chi connectivity index (χ0) is 18.6. The van der Waals surface area contributed by atoms with Crippen molar-refractivity contribution in [3.8, 4) is 0 Å². The summed E-state index contributed by atoms with van der Waals surface area (Å²) in [5.74, 6) is -0.785. The number of ether oxygens (including phenoxy) is 1. The Morgan fingerprint density at radius 2 is 1.96 bits per heavy atom. The standard InChI is InChI=1S/C17H17ClN2O5/c1-11-3-8-14(15(9-11)20(23)24)19-17(10-21,16(22)25-2)12-4-6-13(18)7-5-12/h3-9,19,21H,10H2,1-2H3. The van der Waals surface area contributed by atoms with Gasteiger partial charge in [-0.15, -0.1) is 0 Å². The molecule has 0 saturated carbocycles. The lowest BCUT2D eigenvalue weighted by Crippen LogP contribution is -2.47. The van der Waals surface area contributed by atoms with Crippen LogP contribution in [-0.4, -0.2) is 29.7 Å². The minimum Gasteiger partial charge on any atom is -0.467 e. The first-order valence-electron chi connectivity index (χ1n) is 7.32. The summed E-state index contributed by atoms with van der Waals surface area (Å²) in [7, 11) is 1.17. The van der Waals surface area contributed by atoms with Gasteiger partial charge < -0.3 is 15.2 Å². The van der Waals surface area contributed by atoms with Crippen molar-refractivity contribution in [1.29, 1.82) is 0 Å². The number of carbonyl (C=O) groups is 1. The maximum atomic E-state index is 12.5. The largest absolute Gasteiger partial charge is 0.467 e. The van der Waals surface area contributed by atoms with Crippen LogP contribution >= 0.6 is 11.6 Å². The molecule has 0 aliphatic rings. The number of anilines is 1. The van der Waals surface area contributed by atoms with E-state index in [2.05, 4.69) is 5.32 Å². The molecule has 0 radical (unpaired) electrons. The summed E-state index contributed by atoms with van der Waals surface area (Å²) < 4.78 is 4.82. The van der Waals surface area contributed by atoms with Crippen molar-refractivity contribution < 1.29 is 19.6 Å². The Morgan fingerprint density at radius 3 is 2.48 bits per heavy atom. The molecule has 2 aromatic rings. The molecule has 0 spiro atoms. The van der Waals surface area contributed by atoms with Crippen molar-refractivity contribution in [3.63, 3.8) is 0 Å². The fourth-order valence-corrected chi connectivity index (χ4v) is 2.60. The SMILES string of the molecule is COC(=O)C(CO)(Nc1ccc(C)cc1[N+](=O)[O-])c1ccc(Cl)cc1. The van der Waals surface area contributed by atoms with E-state index in [0.717, 1.165) is 0 Å². The van der Waals surface area contributed by atoms with Gasteiger partial charge in [-0.3, -0.25) is 10.1 Å². The number of benzene rings is 2. The molecule has 0 bridgehead atoms. The van der Waals surface area contributed by atoms with Crippen LogP contribution in [0.15, 0.2) is 42.5 Å². The highest BCUT2D eigenvalue weighted by Gasteiger charge is 2.42. The first-order valence-corrected chi connectivity index (χ1v) is 7.70. The van der Waals surface area contributed by atoms with Crippen LogP contribution in [0.1, 0.15) is 11.1 Å². The Balaban J connectivity index is 2.60. The maximum absolute atomic E-state index is 12.5. The van der Waals surface area contributed by atoms with E-state index in [-0.39, 0.29) is 11.4 Å². The zero-order valence-electron chi connectivity index (χ0n) is 13.7. The molecule has 0 amide bonds. The van der Waals surface area contributed by atoms with Crippen LogP contribution in [0.4, 0.5) is 11.4 Å². The Labute approximate surface area is 149 Å². The van der Waals surface area contributed by atoms with Gasteiger partial charge in [-0.2, -0.15) is 0 Å². The quantitative estimate of drug-likeness (QED) is 0.464. The van der Waals surface area contributed by atoms with E-state index in [4.69, 9.17) is 16.3 Å². The molecule has 132 valence electrons. The molecule has 0 aliphatic heterocycles. The van der Waals surface area contributed by atoms with Gasteiger partial charge in [-0.25, -0.2) is 4.79 Å². The second-order valence-electron chi connectivity index (χ2n) is 5.46. The van der Waals surface area contributed by atoms with E-state index >= 15 is 0 Å². The van der Waals surface area contributed by atoms with Crippen molar-refractivity contribution >= 4 is 28.9 Å². The minimum atomic E-state index is -1.71. The second kappa shape index (κ2) is 7.50. The molecule has 2 aromatic carbocycles. The molecule has 1 atom stereocenters. The maximum Gasteiger partial charge on any atom is 0.338 e. The average molecular weight is 365 g/mol. The van der Waals surface area contributed by atoms with Gasteiger partial charge in [0.25, 0.3) is 5.69 Å². The smallest absolute Gasteiger partial charge is 0.338 e. The predicted octanol–water partition coefficient (Wildman–Crippen LogP) is 3.03. The van der Waals surface area contributed by atoms with Crippen molar-refractivity contribution in [2.24, 2.45) is 0 Å². The topological polar surface area (TPSA) is 102 Å². The summed E-state index contributed by atoms with van der Waals surface area (Å²) in [5.41, 5.74) is -0.780. The molecule has 0 aliphatic carbocycles. The van der Waals surface area contributed by atoms with Crippen LogP contribution in [0.3, 0.4) is 0 Å². The molecule has 7 nitrogen and oxygen atoms in total. The summed E-state index contributed by atoms with van der Waals surface area (Å²) in [6, 6.07) is 10.7. The summed E-state index contributed by atoms with van der Waals surface area (Å²) in [4.78, 5) is 23.2. The third-order valence-corrected chi connectivity index (χ3v) is 4.06. The summed E-state index contributed by atoms with van der Waals surface area (Å²) >= 11 is 5.87. The third kappa shape index (κ3) is 3.72. The van der Waals surface area contributed by atoms with Gasteiger partial charge in [0, 0.05) is 11.1 Å². The van der Waals surface area contributed by atoms with E-state index in [9.17, 15) is 20.0 Å². The Bertz CT molecular complexity index is 794. The van der Waals surface area contributed by atoms with Crippen molar-refractivity contribution in [1.82, 2.24) is 0 Å². The Kier molecular flexibility index (Phi) is 5.61. The highest BCUT2D eigenvalue weighted by molar-refractivity contribution is 6.30. The van der Waals surface area contributed by atoms with Crippen LogP contribution in [0.2, 0.25) is 5.02 Å². The van der Waals surface area contributed by atoms with Crippen molar-refractivity contribution in [2.75, 3.05) is 19.0 Å². The number of nitrogens with one attached hydrogen (secondary N) is 1. The van der Waals surface area contributed by atoms with Gasteiger partial charge in [0.05, 0.1) is 18.6 Å². The average Bonchev–Trinajstić information content (AvgIpc) is 2.60. The number of aryl methyl sites for hydroxylation is 1. The van der Waals surface area contributed by atoms with Gasteiger partial charge >= 0.3 is 5.97 Å². The number of rotatable bonds is 6. The minimum absolute atomic E-state index is 0.0880. The first kappa shape index (κ1) is 18.7. The molecule has 2 rings (SSSR count). The number of hydrogen-bond acceptors (Lipinski definition) is 6. The Hall–Kier alpha value is -2.64. The lowest BCUT2D eigenvalue weighted by atomic mass is 9.90. The van der Waals surface area contributed by atoms with Gasteiger partial charge in [0.2, 0.25) is 0 Å². The first-order chi connectivity index (χ1) is 11.8. The number of methoxy groups -OCH3 is 1.